The SMILES string of the molecule is CN([O-])c1ccc(NC(=S)NC(=O)c2ccccc2)cc1. The number of nitrogens with zero attached hydrogens (tertiary/aromatic N) is 1. The molecule has 0 aliphatic carbocycles. The topological polar surface area (TPSA) is 67.4 Å². The van der Waals surface area contributed by atoms with Crippen LogP contribution in [0.1, 0.15) is 10.4 Å². The van der Waals surface area contributed by atoms with Gasteiger partial charge in [-0.25, -0.2) is 0 Å². The summed E-state index contributed by atoms with van der Waals surface area (Å²) < 4.78 is 0. The van der Waals surface area contributed by atoms with Gasteiger partial charge in [-0.1, -0.05) is 18.2 Å². The third kappa shape index (κ3) is 4.27. The van der Waals surface area contributed by atoms with Gasteiger partial charge in [0.2, 0.25) is 0 Å². The van der Waals surface area contributed by atoms with E-state index in [1.807, 2.05) is 6.07 Å². The van der Waals surface area contributed by atoms with E-state index in [-0.39, 0.29) is 11.0 Å². The minimum Gasteiger partial charge on any atom is -0.758 e. The molecule has 2 aromatic carbocycles. The molecule has 2 aromatic rings. The number of nitrogens with one attached hydrogen (secondary N) is 2. The van der Waals surface area contributed by atoms with Crippen LogP contribution in [0.25, 0.3) is 0 Å². The molecule has 0 aliphatic rings. The lowest BCUT2D eigenvalue weighted by Gasteiger charge is -2.24. The number of thiocarbonyl (C=S) groups is 1. The van der Waals surface area contributed by atoms with Crippen molar-refractivity contribution < 1.29 is 4.79 Å². The van der Waals surface area contributed by atoms with E-state index >= 15 is 0 Å². The zero-order valence-electron chi connectivity index (χ0n) is 11.4. The van der Waals surface area contributed by atoms with Crippen LogP contribution in [0.3, 0.4) is 0 Å². The fraction of sp³-hybridized carbons (Fsp3) is 0.0667. The first kappa shape index (κ1) is 15.0. The van der Waals surface area contributed by atoms with Gasteiger partial charge in [0.05, 0.1) is 0 Å². The van der Waals surface area contributed by atoms with E-state index < -0.39 is 0 Å². The van der Waals surface area contributed by atoms with E-state index in [1.165, 1.54) is 7.05 Å². The quantitative estimate of drug-likeness (QED) is 0.674. The van der Waals surface area contributed by atoms with Crippen LogP contribution in [0.15, 0.2) is 54.6 Å². The molecule has 0 radical (unpaired) electrons. The van der Waals surface area contributed by atoms with Crippen LogP contribution in [-0.4, -0.2) is 18.1 Å². The fourth-order valence-corrected chi connectivity index (χ4v) is 1.89. The molecule has 0 aliphatic heterocycles. The third-order valence-electron chi connectivity index (χ3n) is 2.75. The van der Waals surface area contributed by atoms with Gasteiger partial charge in [0, 0.05) is 16.9 Å². The number of carbonyl (C=O) groups is 1. The van der Waals surface area contributed by atoms with Crippen LogP contribution in [0.2, 0.25) is 0 Å². The summed E-state index contributed by atoms with van der Waals surface area (Å²) in [4.78, 5) is 11.9. The van der Waals surface area contributed by atoms with Crippen molar-refractivity contribution in [3.8, 4) is 0 Å². The molecule has 0 saturated heterocycles. The minimum atomic E-state index is -0.274. The van der Waals surface area contributed by atoms with Crippen LogP contribution in [0.5, 0.6) is 0 Å². The molecule has 0 atom stereocenters. The molecular formula is C15H14N3O2S-. The van der Waals surface area contributed by atoms with Crippen molar-refractivity contribution in [2.45, 2.75) is 0 Å². The second-order valence-corrected chi connectivity index (χ2v) is 4.73. The Hall–Kier alpha value is -2.44. The Balaban J connectivity index is 1.94. The predicted octanol–water partition coefficient (Wildman–Crippen LogP) is 2.75. The number of amides is 1. The van der Waals surface area contributed by atoms with Crippen molar-refractivity contribution in [3.05, 3.63) is 65.4 Å². The number of anilines is 2. The second-order valence-electron chi connectivity index (χ2n) is 4.32. The maximum absolute atomic E-state index is 11.9. The van der Waals surface area contributed by atoms with Crippen molar-refractivity contribution in [1.29, 1.82) is 0 Å². The lowest BCUT2D eigenvalue weighted by atomic mass is 10.2. The van der Waals surface area contributed by atoms with Crippen molar-refractivity contribution in [2.24, 2.45) is 0 Å². The van der Waals surface area contributed by atoms with E-state index in [9.17, 15) is 10.0 Å². The predicted molar refractivity (Wildman–Crippen MR) is 88.3 cm³/mol. The number of rotatable bonds is 3. The maximum atomic E-state index is 11.9. The molecule has 108 valence electrons. The molecule has 0 aromatic heterocycles. The molecule has 2 rings (SSSR count). The Morgan fingerprint density at radius 1 is 1.10 bits per heavy atom. The molecule has 1 amide bonds. The highest BCUT2D eigenvalue weighted by Crippen LogP contribution is 2.15. The van der Waals surface area contributed by atoms with Gasteiger partial charge in [-0.05, 0) is 55.7 Å². The number of hydrogen-bond acceptors (Lipinski definition) is 4. The summed E-state index contributed by atoms with van der Waals surface area (Å²) in [6.07, 6.45) is 0. The van der Waals surface area contributed by atoms with Gasteiger partial charge in [-0.3, -0.25) is 10.1 Å². The summed E-state index contributed by atoms with van der Waals surface area (Å²) in [5.74, 6) is -0.274. The molecule has 6 heteroatoms. The highest BCUT2D eigenvalue weighted by Gasteiger charge is 2.06. The van der Waals surface area contributed by atoms with Crippen LogP contribution >= 0.6 is 12.2 Å². The third-order valence-corrected chi connectivity index (χ3v) is 2.96. The summed E-state index contributed by atoms with van der Waals surface area (Å²) in [7, 11) is 1.42. The van der Waals surface area contributed by atoms with Gasteiger partial charge in [-0.15, -0.1) is 0 Å². The highest BCUT2D eigenvalue weighted by atomic mass is 32.1. The Morgan fingerprint density at radius 2 is 1.71 bits per heavy atom. The number of carbonyl (C=O) groups excluding carboxylic acids is 1. The number of hydrogen-bond donors (Lipinski definition) is 2. The highest BCUT2D eigenvalue weighted by molar-refractivity contribution is 7.80. The summed E-state index contributed by atoms with van der Waals surface area (Å²) in [5.41, 5.74) is 1.77. The normalized spacial score (nSPS) is 9.81. The first-order valence-electron chi connectivity index (χ1n) is 6.24. The van der Waals surface area contributed by atoms with Gasteiger partial charge in [-0.2, -0.15) is 0 Å². The second kappa shape index (κ2) is 6.83. The lowest BCUT2D eigenvalue weighted by molar-refractivity contribution is 0.0978. The zero-order chi connectivity index (χ0) is 15.2. The molecular weight excluding hydrogens is 286 g/mol. The molecule has 0 bridgehead atoms. The monoisotopic (exact) mass is 300 g/mol. The van der Waals surface area contributed by atoms with Crippen molar-refractivity contribution in [1.82, 2.24) is 5.32 Å². The Kier molecular flexibility index (Phi) is 4.86. The van der Waals surface area contributed by atoms with E-state index in [0.29, 0.717) is 16.9 Å². The Morgan fingerprint density at radius 3 is 2.29 bits per heavy atom. The molecule has 21 heavy (non-hydrogen) atoms. The Bertz CT molecular complexity index is 627. The largest absolute Gasteiger partial charge is 0.758 e. The summed E-state index contributed by atoms with van der Waals surface area (Å²) >= 11 is 5.08. The molecule has 0 saturated carbocycles. The van der Waals surface area contributed by atoms with Crippen LogP contribution < -0.4 is 15.7 Å². The van der Waals surface area contributed by atoms with E-state index in [1.54, 1.807) is 48.5 Å². The maximum Gasteiger partial charge on any atom is 0.257 e. The smallest absolute Gasteiger partial charge is 0.257 e. The van der Waals surface area contributed by atoms with Gasteiger partial charge in [0.1, 0.15) is 0 Å². The average Bonchev–Trinajstić information content (AvgIpc) is 2.48. The fourth-order valence-electron chi connectivity index (χ4n) is 1.68. The summed E-state index contributed by atoms with van der Waals surface area (Å²) in [6.45, 7) is 0. The summed E-state index contributed by atoms with van der Waals surface area (Å²) in [6, 6.07) is 15.6. The van der Waals surface area contributed by atoms with Gasteiger partial charge < -0.3 is 15.6 Å². The molecule has 0 spiro atoms. The van der Waals surface area contributed by atoms with Crippen LogP contribution in [0, 0.1) is 5.21 Å². The van der Waals surface area contributed by atoms with Crippen LogP contribution in [0.4, 0.5) is 11.4 Å². The van der Waals surface area contributed by atoms with E-state index in [4.69, 9.17) is 12.2 Å². The molecule has 5 nitrogen and oxygen atoms in total. The minimum absolute atomic E-state index is 0.201. The van der Waals surface area contributed by atoms with Crippen molar-refractivity contribution in [3.63, 3.8) is 0 Å². The molecule has 0 heterocycles. The average molecular weight is 300 g/mol. The van der Waals surface area contributed by atoms with Gasteiger partial charge in [0.25, 0.3) is 5.91 Å². The standard InChI is InChI=1S/C15H14N3O2S/c1-18(20)13-9-7-12(8-10-13)16-15(21)17-14(19)11-5-3-2-4-6-11/h2-10H,1H3,(H2,16,17,19,21)/q-1. The summed E-state index contributed by atoms with van der Waals surface area (Å²) in [5, 5.41) is 17.5. The van der Waals surface area contributed by atoms with Crippen molar-refractivity contribution >= 4 is 34.6 Å². The molecule has 2 N–H and O–H groups in total. The molecule has 0 fully saturated rings. The first-order chi connectivity index (χ1) is 10.1. The Labute approximate surface area is 128 Å². The number of hydroxylamine groups is 1. The first-order valence-corrected chi connectivity index (χ1v) is 6.65. The van der Waals surface area contributed by atoms with Gasteiger partial charge >= 0.3 is 0 Å². The lowest BCUT2D eigenvalue weighted by Crippen LogP contribution is -2.34. The van der Waals surface area contributed by atoms with E-state index in [2.05, 4.69) is 10.6 Å². The van der Waals surface area contributed by atoms with Gasteiger partial charge in [0.15, 0.2) is 5.11 Å². The zero-order valence-corrected chi connectivity index (χ0v) is 12.2. The van der Waals surface area contributed by atoms with Crippen LogP contribution in [-0.2, 0) is 0 Å². The molecule has 0 unspecified atom stereocenters. The number of benzene rings is 2. The van der Waals surface area contributed by atoms with E-state index in [0.717, 1.165) is 5.06 Å². The van der Waals surface area contributed by atoms with Crippen molar-refractivity contribution in [2.75, 3.05) is 17.4 Å².